The van der Waals surface area contributed by atoms with Crippen LogP contribution in [0.5, 0.6) is 5.75 Å². The van der Waals surface area contributed by atoms with Gasteiger partial charge in [0, 0.05) is 11.1 Å². The number of allylic oxidation sites excluding steroid dienone is 2. The van der Waals surface area contributed by atoms with Crippen molar-refractivity contribution in [1.82, 2.24) is 0 Å². The topological polar surface area (TPSA) is 67.0 Å². The third-order valence-corrected chi connectivity index (χ3v) is 5.21. The molecule has 31 heavy (non-hydrogen) atoms. The molecule has 2 heterocycles. The number of aliphatic imine (C=N–C) groups is 2. The van der Waals surface area contributed by atoms with Crippen LogP contribution in [-0.2, 0) is 4.74 Å². The average molecular weight is 412 g/mol. The third kappa shape index (κ3) is 4.40. The van der Waals surface area contributed by atoms with Gasteiger partial charge in [0.05, 0.1) is 24.9 Å². The van der Waals surface area contributed by atoms with Crippen molar-refractivity contribution in [3.63, 3.8) is 0 Å². The third-order valence-electron chi connectivity index (χ3n) is 5.21. The van der Waals surface area contributed by atoms with Crippen LogP contribution in [-0.4, -0.2) is 30.5 Å². The zero-order valence-electron chi connectivity index (χ0n) is 17.7. The maximum atomic E-state index is 8.69. The zero-order valence-corrected chi connectivity index (χ0v) is 17.7. The number of nitrogens with zero attached hydrogens (tertiary/aromatic N) is 2. The zero-order chi connectivity index (χ0) is 21.8. The molecule has 4 rings (SSSR count). The standard InChI is InChI=1S/C26H25N3O2/c1-17-13-15-21(20-11-7-8-12-23(20)30-3)29-25(24(17)27)26-28-18(2)14-16-22(31-26)19-9-5-4-6-10-19/h4-13,15-16,18,21,27H,1,14H2,2-3H3. The molecule has 0 amide bonds. The van der Waals surface area contributed by atoms with Crippen LogP contribution in [0.3, 0.4) is 0 Å². The van der Waals surface area contributed by atoms with E-state index >= 15 is 0 Å². The van der Waals surface area contributed by atoms with Gasteiger partial charge in [-0.2, -0.15) is 0 Å². The molecule has 156 valence electrons. The van der Waals surface area contributed by atoms with E-state index in [4.69, 9.17) is 24.9 Å². The lowest BCUT2D eigenvalue weighted by Crippen LogP contribution is -2.27. The van der Waals surface area contributed by atoms with Gasteiger partial charge in [0.2, 0.25) is 5.90 Å². The molecule has 0 saturated carbocycles. The van der Waals surface area contributed by atoms with Crippen molar-refractivity contribution in [2.75, 3.05) is 7.11 Å². The maximum Gasteiger partial charge on any atom is 0.242 e. The first-order valence-electron chi connectivity index (χ1n) is 10.3. The van der Waals surface area contributed by atoms with Crippen molar-refractivity contribution < 1.29 is 9.47 Å². The van der Waals surface area contributed by atoms with Crippen LogP contribution in [0.15, 0.2) is 95.0 Å². The Labute approximate surface area is 182 Å². The number of hydrogen-bond donors (Lipinski definition) is 1. The Hall–Kier alpha value is -3.73. The van der Waals surface area contributed by atoms with Gasteiger partial charge in [-0.15, -0.1) is 0 Å². The number of nitrogens with one attached hydrogen (secondary N) is 1. The van der Waals surface area contributed by atoms with E-state index < -0.39 is 0 Å². The summed E-state index contributed by atoms with van der Waals surface area (Å²) in [7, 11) is 1.64. The Morgan fingerprint density at radius 2 is 1.81 bits per heavy atom. The first-order valence-corrected chi connectivity index (χ1v) is 10.3. The summed E-state index contributed by atoms with van der Waals surface area (Å²) < 4.78 is 11.8. The van der Waals surface area contributed by atoms with Crippen molar-refractivity contribution in [2.45, 2.75) is 25.4 Å². The monoisotopic (exact) mass is 411 g/mol. The van der Waals surface area contributed by atoms with E-state index in [2.05, 4.69) is 6.58 Å². The summed E-state index contributed by atoms with van der Waals surface area (Å²) in [6.45, 7) is 6.07. The van der Waals surface area contributed by atoms with Crippen LogP contribution in [0.2, 0.25) is 0 Å². The lowest BCUT2D eigenvalue weighted by atomic mass is 10.1. The van der Waals surface area contributed by atoms with Gasteiger partial charge in [-0.05, 0) is 31.1 Å². The summed E-state index contributed by atoms with van der Waals surface area (Å²) in [5, 5.41) is 8.69. The predicted octanol–water partition coefficient (Wildman–Crippen LogP) is 5.57. The Morgan fingerprint density at radius 1 is 1.06 bits per heavy atom. The van der Waals surface area contributed by atoms with Crippen LogP contribution < -0.4 is 4.74 Å². The first-order chi connectivity index (χ1) is 15.1. The van der Waals surface area contributed by atoms with E-state index in [0.29, 0.717) is 17.2 Å². The molecule has 5 nitrogen and oxygen atoms in total. The number of para-hydroxylation sites is 1. The Kier molecular flexibility index (Phi) is 5.94. The number of methoxy groups -OCH3 is 1. The van der Waals surface area contributed by atoms with Gasteiger partial charge < -0.3 is 9.47 Å². The molecule has 0 saturated heterocycles. The Balaban J connectivity index is 1.78. The molecule has 2 aliphatic rings. The van der Waals surface area contributed by atoms with Crippen LogP contribution >= 0.6 is 0 Å². The van der Waals surface area contributed by atoms with Crippen molar-refractivity contribution in [3.8, 4) is 5.75 Å². The maximum absolute atomic E-state index is 8.69. The van der Waals surface area contributed by atoms with Crippen LogP contribution in [0.25, 0.3) is 5.76 Å². The number of benzene rings is 2. The van der Waals surface area contributed by atoms with E-state index in [-0.39, 0.29) is 17.8 Å². The predicted molar refractivity (Wildman–Crippen MR) is 126 cm³/mol. The summed E-state index contributed by atoms with van der Waals surface area (Å²) >= 11 is 0. The molecule has 0 aliphatic carbocycles. The largest absolute Gasteiger partial charge is 0.496 e. The van der Waals surface area contributed by atoms with E-state index in [1.807, 2.05) is 79.7 Å². The van der Waals surface area contributed by atoms with Gasteiger partial charge in [-0.25, -0.2) is 4.99 Å². The highest BCUT2D eigenvalue weighted by Gasteiger charge is 2.27. The number of hydrogen-bond acceptors (Lipinski definition) is 5. The van der Waals surface area contributed by atoms with E-state index in [1.165, 1.54) is 0 Å². The molecule has 1 N–H and O–H groups in total. The van der Waals surface area contributed by atoms with E-state index in [0.717, 1.165) is 29.1 Å². The second-order valence-electron chi connectivity index (χ2n) is 7.48. The fourth-order valence-corrected chi connectivity index (χ4v) is 3.53. The highest BCUT2D eigenvalue weighted by molar-refractivity contribution is 6.70. The minimum absolute atomic E-state index is 0.000834. The molecule has 2 unspecified atom stereocenters. The smallest absolute Gasteiger partial charge is 0.242 e. The SMILES string of the molecule is C=C1C=CC(c2ccccc2OC)N=C(C2=NC(C)CC=C(c3ccccc3)O2)C1=N. The van der Waals surface area contributed by atoms with Crippen molar-refractivity contribution >= 4 is 23.1 Å². The molecule has 0 aromatic heterocycles. The summed E-state index contributed by atoms with van der Waals surface area (Å²) in [6.07, 6.45) is 6.53. The average Bonchev–Trinajstić information content (AvgIpc) is 3.08. The molecule has 2 atom stereocenters. The molecule has 5 heteroatoms. The van der Waals surface area contributed by atoms with Gasteiger partial charge in [0.15, 0.2) is 0 Å². The van der Waals surface area contributed by atoms with Crippen LogP contribution in [0, 0.1) is 5.41 Å². The van der Waals surface area contributed by atoms with Gasteiger partial charge in [-0.3, -0.25) is 10.4 Å². The van der Waals surface area contributed by atoms with E-state index in [9.17, 15) is 0 Å². The molecule has 2 aromatic carbocycles. The fraction of sp³-hybridized carbons (Fsp3) is 0.192. The van der Waals surface area contributed by atoms with Gasteiger partial charge >= 0.3 is 0 Å². The van der Waals surface area contributed by atoms with E-state index in [1.54, 1.807) is 7.11 Å². The molecule has 0 radical (unpaired) electrons. The van der Waals surface area contributed by atoms with Gasteiger partial charge in [0.25, 0.3) is 0 Å². The van der Waals surface area contributed by atoms with Crippen molar-refractivity contribution in [2.24, 2.45) is 9.98 Å². The number of rotatable bonds is 4. The molecular formula is C26H25N3O2. The lowest BCUT2D eigenvalue weighted by Gasteiger charge is -2.16. The second-order valence-corrected chi connectivity index (χ2v) is 7.48. The molecule has 0 spiro atoms. The Morgan fingerprint density at radius 3 is 2.58 bits per heavy atom. The van der Waals surface area contributed by atoms with Crippen molar-refractivity contribution in [1.29, 1.82) is 5.41 Å². The lowest BCUT2D eigenvalue weighted by molar-refractivity contribution is 0.408. The summed E-state index contributed by atoms with van der Waals surface area (Å²) in [4.78, 5) is 9.64. The fourth-order valence-electron chi connectivity index (χ4n) is 3.53. The molecule has 0 fully saturated rings. The minimum atomic E-state index is -0.347. The molecular weight excluding hydrogens is 386 g/mol. The summed E-state index contributed by atoms with van der Waals surface area (Å²) in [6, 6.07) is 17.3. The molecule has 2 aliphatic heterocycles. The summed E-state index contributed by atoms with van der Waals surface area (Å²) in [5.41, 5.74) is 3.02. The van der Waals surface area contributed by atoms with Crippen LogP contribution in [0.4, 0.5) is 0 Å². The molecule has 0 bridgehead atoms. The normalized spacial score (nSPS) is 21.3. The summed E-state index contributed by atoms with van der Waals surface area (Å²) in [5.74, 6) is 1.80. The first kappa shape index (κ1) is 20.5. The van der Waals surface area contributed by atoms with Crippen LogP contribution in [0.1, 0.15) is 30.5 Å². The second kappa shape index (κ2) is 8.96. The number of ether oxygens (including phenoxy) is 2. The minimum Gasteiger partial charge on any atom is -0.496 e. The van der Waals surface area contributed by atoms with Gasteiger partial charge in [0.1, 0.15) is 17.2 Å². The van der Waals surface area contributed by atoms with Gasteiger partial charge in [-0.1, -0.05) is 67.3 Å². The highest BCUT2D eigenvalue weighted by Crippen LogP contribution is 2.31. The highest BCUT2D eigenvalue weighted by atomic mass is 16.5. The quantitative estimate of drug-likeness (QED) is 0.714. The Bertz CT molecular complexity index is 1130. The van der Waals surface area contributed by atoms with Crippen molar-refractivity contribution in [3.05, 3.63) is 96.1 Å². The molecule has 2 aromatic rings.